The monoisotopic (exact) mass is 549 g/mol. The first-order valence-corrected chi connectivity index (χ1v) is 12.5. The molecule has 1 fully saturated rings. The SMILES string of the molecule is CC1CN(c2ncc([C@H](C)O)cc2Cl)CCN1c1nc2c(-c3ccc(Cl)cc3)cc(C(F)(F)F)cc2[nH]1. The molecular formula is C26H24Cl2F3N5O. The first-order chi connectivity index (χ1) is 17.5. The molecule has 4 aromatic rings. The molecular weight excluding hydrogens is 526 g/mol. The van der Waals surface area contributed by atoms with Gasteiger partial charge < -0.3 is 19.9 Å². The predicted molar refractivity (Wildman–Crippen MR) is 140 cm³/mol. The van der Waals surface area contributed by atoms with Crippen LogP contribution in [0, 0.1) is 0 Å². The first kappa shape index (κ1) is 25.6. The van der Waals surface area contributed by atoms with Gasteiger partial charge >= 0.3 is 6.18 Å². The van der Waals surface area contributed by atoms with E-state index in [1.54, 1.807) is 43.5 Å². The lowest BCUT2D eigenvalue weighted by atomic mass is 10.0. The second-order valence-corrected chi connectivity index (χ2v) is 10.1. The van der Waals surface area contributed by atoms with Crippen LogP contribution < -0.4 is 9.80 Å². The Kier molecular flexibility index (Phi) is 6.72. The molecule has 194 valence electrons. The average molecular weight is 550 g/mol. The van der Waals surface area contributed by atoms with Crippen LogP contribution in [-0.2, 0) is 6.18 Å². The topological polar surface area (TPSA) is 68.3 Å². The minimum absolute atomic E-state index is 0.0373. The van der Waals surface area contributed by atoms with E-state index in [0.717, 1.165) is 12.1 Å². The molecule has 0 saturated carbocycles. The van der Waals surface area contributed by atoms with Gasteiger partial charge in [-0.15, -0.1) is 0 Å². The van der Waals surface area contributed by atoms with Gasteiger partial charge in [-0.3, -0.25) is 0 Å². The first-order valence-electron chi connectivity index (χ1n) is 11.7. The number of hydrogen-bond donors (Lipinski definition) is 2. The summed E-state index contributed by atoms with van der Waals surface area (Å²) >= 11 is 12.4. The Morgan fingerprint density at radius 2 is 1.84 bits per heavy atom. The Hall–Kier alpha value is -3.01. The number of aromatic amines is 1. The molecule has 3 heterocycles. The molecule has 2 atom stereocenters. The van der Waals surface area contributed by atoms with Crippen LogP contribution in [0.4, 0.5) is 24.9 Å². The van der Waals surface area contributed by atoms with E-state index in [1.807, 2.05) is 11.8 Å². The summed E-state index contributed by atoms with van der Waals surface area (Å²) in [5.74, 6) is 1.13. The van der Waals surface area contributed by atoms with Gasteiger partial charge in [-0.25, -0.2) is 9.97 Å². The van der Waals surface area contributed by atoms with Crippen molar-refractivity contribution in [2.24, 2.45) is 0 Å². The number of piperazine rings is 1. The summed E-state index contributed by atoms with van der Waals surface area (Å²) in [6.45, 7) is 5.38. The third-order valence-electron chi connectivity index (χ3n) is 6.58. The number of nitrogens with zero attached hydrogens (tertiary/aromatic N) is 4. The molecule has 0 bridgehead atoms. The molecule has 2 aromatic heterocycles. The van der Waals surface area contributed by atoms with E-state index in [0.29, 0.717) is 69.2 Å². The number of nitrogens with one attached hydrogen (secondary N) is 1. The number of halogens is 5. The predicted octanol–water partition coefficient (Wildman–Crippen LogP) is 6.72. The van der Waals surface area contributed by atoms with E-state index < -0.39 is 17.8 Å². The Labute approximate surface area is 221 Å². The maximum absolute atomic E-state index is 13.7. The molecule has 0 amide bonds. The minimum atomic E-state index is -4.50. The van der Waals surface area contributed by atoms with Gasteiger partial charge in [0, 0.05) is 48.0 Å². The molecule has 2 N–H and O–H groups in total. The van der Waals surface area contributed by atoms with Crippen LogP contribution in [0.2, 0.25) is 10.0 Å². The molecule has 5 rings (SSSR count). The molecule has 1 aliphatic heterocycles. The number of pyridine rings is 1. The molecule has 0 radical (unpaired) electrons. The number of H-pyrrole nitrogens is 1. The number of aliphatic hydroxyl groups excluding tert-OH is 1. The molecule has 11 heteroatoms. The molecule has 2 aromatic carbocycles. The smallest absolute Gasteiger partial charge is 0.389 e. The molecule has 1 saturated heterocycles. The van der Waals surface area contributed by atoms with Crippen LogP contribution in [0.5, 0.6) is 0 Å². The number of aromatic nitrogens is 3. The van der Waals surface area contributed by atoms with Gasteiger partial charge in [-0.05, 0) is 49.7 Å². The van der Waals surface area contributed by atoms with Crippen molar-refractivity contribution in [3.8, 4) is 11.1 Å². The van der Waals surface area contributed by atoms with E-state index in [2.05, 4.69) is 14.9 Å². The van der Waals surface area contributed by atoms with Crippen molar-refractivity contribution in [3.05, 3.63) is 69.8 Å². The van der Waals surface area contributed by atoms with Gasteiger partial charge in [0.2, 0.25) is 5.95 Å². The highest BCUT2D eigenvalue weighted by Gasteiger charge is 2.33. The number of aliphatic hydroxyl groups is 1. The van der Waals surface area contributed by atoms with Crippen molar-refractivity contribution in [1.29, 1.82) is 0 Å². The number of fused-ring (bicyclic) bond motifs is 1. The third-order valence-corrected chi connectivity index (χ3v) is 7.11. The van der Waals surface area contributed by atoms with E-state index in [4.69, 9.17) is 28.2 Å². The highest BCUT2D eigenvalue weighted by molar-refractivity contribution is 6.33. The van der Waals surface area contributed by atoms with Crippen LogP contribution in [0.3, 0.4) is 0 Å². The van der Waals surface area contributed by atoms with Crippen LogP contribution >= 0.6 is 23.2 Å². The second-order valence-electron chi connectivity index (χ2n) is 9.22. The Balaban J connectivity index is 1.47. The van der Waals surface area contributed by atoms with Crippen molar-refractivity contribution >= 4 is 46.0 Å². The van der Waals surface area contributed by atoms with Crippen molar-refractivity contribution in [2.45, 2.75) is 32.2 Å². The van der Waals surface area contributed by atoms with Crippen LogP contribution in [-0.4, -0.2) is 45.7 Å². The van der Waals surface area contributed by atoms with Crippen LogP contribution in [0.25, 0.3) is 22.2 Å². The zero-order valence-corrected chi connectivity index (χ0v) is 21.5. The number of rotatable bonds is 4. The molecule has 0 spiro atoms. The third kappa shape index (κ3) is 5.08. The minimum Gasteiger partial charge on any atom is -0.389 e. The normalized spacial score (nSPS) is 17.5. The number of imidazole rings is 1. The fourth-order valence-corrected chi connectivity index (χ4v) is 5.05. The Morgan fingerprint density at radius 3 is 2.46 bits per heavy atom. The standard InChI is InChI=1S/C26H24Cl2F3N5O/c1-14-13-35(24-21(28)9-17(12-32-24)15(2)37)7-8-36(14)25-33-22-11-18(26(29,30)31)10-20(23(22)34-25)16-3-5-19(27)6-4-16/h3-6,9-12,14-15,37H,7-8,13H2,1-2H3,(H,33,34)/t14?,15-/m0/s1. The Bertz CT molecular complexity index is 1440. The van der Waals surface area contributed by atoms with Crippen molar-refractivity contribution in [2.75, 3.05) is 29.4 Å². The zero-order chi connectivity index (χ0) is 26.5. The fraction of sp³-hybridized carbons (Fsp3) is 0.308. The lowest BCUT2D eigenvalue weighted by Crippen LogP contribution is -2.52. The van der Waals surface area contributed by atoms with E-state index >= 15 is 0 Å². The fourth-order valence-electron chi connectivity index (χ4n) is 4.63. The van der Waals surface area contributed by atoms with Gasteiger partial charge in [-0.1, -0.05) is 35.3 Å². The summed E-state index contributed by atoms with van der Waals surface area (Å²) in [5.41, 5.74) is 1.63. The number of alkyl halides is 3. The largest absolute Gasteiger partial charge is 0.416 e. The average Bonchev–Trinajstić information content (AvgIpc) is 3.27. The summed E-state index contributed by atoms with van der Waals surface area (Å²) < 4.78 is 41.1. The van der Waals surface area contributed by atoms with Crippen molar-refractivity contribution in [3.63, 3.8) is 0 Å². The number of anilines is 2. The number of benzene rings is 2. The van der Waals surface area contributed by atoms with Gasteiger partial charge in [-0.2, -0.15) is 13.2 Å². The highest BCUT2D eigenvalue weighted by atomic mass is 35.5. The van der Waals surface area contributed by atoms with Crippen molar-refractivity contribution < 1.29 is 18.3 Å². The second kappa shape index (κ2) is 9.70. The summed E-state index contributed by atoms with van der Waals surface area (Å²) in [6.07, 6.45) is -3.56. The highest BCUT2D eigenvalue weighted by Crippen LogP contribution is 2.38. The summed E-state index contributed by atoms with van der Waals surface area (Å²) in [4.78, 5) is 16.4. The van der Waals surface area contributed by atoms with Gasteiger partial charge in [0.15, 0.2) is 0 Å². The lowest BCUT2D eigenvalue weighted by molar-refractivity contribution is -0.137. The summed E-state index contributed by atoms with van der Waals surface area (Å²) in [7, 11) is 0. The van der Waals surface area contributed by atoms with Gasteiger partial charge in [0.05, 0.1) is 27.7 Å². The zero-order valence-electron chi connectivity index (χ0n) is 20.0. The van der Waals surface area contributed by atoms with Gasteiger partial charge in [0.25, 0.3) is 0 Å². The van der Waals surface area contributed by atoms with Gasteiger partial charge in [0.1, 0.15) is 5.82 Å². The van der Waals surface area contributed by atoms with Crippen LogP contribution in [0.1, 0.15) is 31.1 Å². The summed E-state index contributed by atoms with van der Waals surface area (Å²) in [5, 5.41) is 10.7. The molecule has 1 aliphatic rings. The maximum Gasteiger partial charge on any atom is 0.416 e. The Morgan fingerprint density at radius 1 is 1.11 bits per heavy atom. The quantitative estimate of drug-likeness (QED) is 0.295. The molecule has 6 nitrogen and oxygen atoms in total. The van der Waals surface area contributed by atoms with Crippen LogP contribution in [0.15, 0.2) is 48.7 Å². The molecule has 37 heavy (non-hydrogen) atoms. The van der Waals surface area contributed by atoms with E-state index in [-0.39, 0.29) is 6.04 Å². The molecule has 1 unspecified atom stereocenters. The van der Waals surface area contributed by atoms with E-state index in [9.17, 15) is 18.3 Å². The molecule has 0 aliphatic carbocycles. The summed E-state index contributed by atoms with van der Waals surface area (Å²) in [6, 6.07) is 10.6. The lowest BCUT2D eigenvalue weighted by Gasteiger charge is -2.40. The van der Waals surface area contributed by atoms with Crippen molar-refractivity contribution in [1.82, 2.24) is 15.0 Å². The van der Waals surface area contributed by atoms with E-state index in [1.165, 1.54) is 0 Å². The number of hydrogen-bond acceptors (Lipinski definition) is 5. The maximum atomic E-state index is 13.7.